The van der Waals surface area contributed by atoms with Crippen LogP contribution in [0.3, 0.4) is 0 Å². The molecule has 0 aromatic carbocycles. The Balaban J connectivity index is 0.000000777. The minimum Gasteiger partial charge on any atom is -0.382 e. The second-order valence-corrected chi connectivity index (χ2v) is 5.86. The molecule has 0 aliphatic carbocycles. The zero-order chi connectivity index (χ0) is 17.7. The Morgan fingerprint density at radius 1 is 1.00 bits per heavy atom. The highest BCUT2D eigenvalue weighted by Gasteiger charge is 2.17. The molecule has 2 heterocycles. The van der Waals surface area contributed by atoms with Gasteiger partial charge in [0.2, 0.25) is 5.95 Å². The fourth-order valence-electron chi connectivity index (χ4n) is 1.86. The highest BCUT2D eigenvalue weighted by atomic mass is 31.1. The van der Waals surface area contributed by atoms with Crippen molar-refractivity contribution in [2.24, 2.45) is 0 Å². The predicted molar refractivity (Wildman–Crippen MR) is 86.3 cm³/mol. The minimum atomic E-state index is -3.04. The van der Waals surface area contributed by atoms with E-state index in [0.29, 0.717) is 11.2 Å². The van der Waals surface area contributed by atoms with E-state index in [4.69, 9.17) is 25.9 Å². The lowest BCUT2D eigenvalue weighted by Gasteiger charge is -2.14. The molecule has 0 atom stereocenters. The maximum atomic E-state index is 8.93. The Hall–Kier alpha value is -2.16. The van der Waals surface area contributed by atoms with E-state index in [1.165, 1.54) is 0 Å². The van der Waals surface area contributed by atoms with Gasteiger partial charge in [-0.05, 0) is 11.8 Å². The first-order chi connectivity index (χ1) is 10.7. The molecule has 2 aromatic heterocycles. The van der Waals surface area contributed by atoms with Gasteiger partial charge in [-0.25, -0.2) is 24.4 Å². The predicted octanol–water partition coefficient (Wildman–Crippen LogP) is 2.64. The molecule has 0 amide bonds. The molecule has 23 heavy (non-hydrogen) atoms. The SMILES string of the molecule is CC(C)c1nc2nc(N)nc(N)c2nc1C(C)C.O=P(=O)OO.[HH]. The topological polar surface area (TPSA) is 167 Å². The molecule has 128 valence electrons. The molecule has 0 fully saturated rings. The number of rotatable bonds is 3. The van der Waals surface area contributed by atoms with E-state index in [1.54, 1.807) is 0 Å². The number of anilines is 2. The maximum Gasteiger partial charge on any atom is 0.496 e. The summed E-state index contributed by atoms with van der Waals surface area (Å²) in [6, 6.07) is 0. The highest BCUT2D eigenvalue weighted by Crippen LogP contribution is 2.26. The lowest BCUT2D eigenvalue weighted by Crippen LogP contribution is -2.10. The largest absolute Gasteiger partial charge is 0.496 e. The average Bonchev–Trinajstić information content (AvgIpc) is 2.46. The summed E-state index contributed by atoms with van der Waals surface area (Å²) in [6.45, 7) is 8.32. The van der Waals surface area contributed by atoms with Gasteiger partial charge in [-0.3, -0.25) is 0 Å². The van der Waals surface area contributed by atoms with Crippen molar-refractivity contribution >= 4 is 30.8 Å². The van der Waals surface area contributed by atoms with Crippen LogP contribution in [-0.2, 0) is 13.8 Å². The third-order valence-electron chi connectivity index (χ3n) is 2.79. The molecule has 2 rings (SSSR count). The fraction of sp³-hybridized carbons (Fsp3) is 0.500. The van der Waals surface area contributed by atoms with Crippen LogP contribution in [0.15, 0.2) is 0 Å². The molecule has 0 aliphatic heterocycles. The van der Waals surface area contributed by atoms with Crippen molar-refractivity contribution in [3.8, 4) is 0 Å². The number of nitrogens with two attached hydrogens (primary N) is 2. The zero-order valence-electron chi connectivity index (χ0n) is 13.2. The number of hydrogen-bond donors (Lipinski definition) is 3. The standard InChI is InChI=1S/C12H18N6.HO4P.H2/c1-5(2)7-8(6(3)4)16-11-9(15-7)10(13)17-12(14)18-11;1-4-5(2)3;/h5-6H,1-4H3,(H4,13,14,16,17,18);1H;1H. The lowest BCUT2D eigenvalue weighted by molar-refractivity contribution is -0.132. The molecule has 10 nitrogen and oxygen atoms in total. The van der Waals surface area contributed by atoms with E-state index in [2.05, 4.69) is 52.3 Å². The molecule has 0 spiro atoms. The third kappa shape index (κ3) is 4.92. The van der Waals surface area contributed by atoms with Crippen LogP contribution in [-0.4, -0.2) is 25.2 Å². The summed E-state index contributed by atoms with van der Waals surface area (Å²) in [5.74, 6) is 0.955. The third-order valence-corrected chi connectivity index (χ3v) is 2.92. The van der Waals surface area contributed by atoms with Gasteiger partial charge < -0.3 is 11.5 Å². The summed E-state index contributed by atoms with van der Waals surface area (Å²) >= 11 is 0. The summed E-state index contributed by atoms with van der Waals surface area (Å²) in [4.78, 5) is 17.1. The summed E-state index contributed by atoms with van der Waals surface area (Å²) in [5, 5.41) is 7.05. The Kier molecular flexibility index (Phi) is 6.49. The van der Waals surface area contributed by atoms with Gasteiger partial charge in [0.25, 0.3) is 0 Å². The van der Waals surface area contributed by atoms with Crippen LogP contribution in [0.1, 0.15) is 52.3 Å². The van der Waals surface area contributed by atoms with Gasteiger partial charge in [0, 0.05) is 1.43 Å². The second-order valence-electron chi connectivity index (χ2n) is 5.25. The molecule has 11 heteroatoms. The Bertz CT molecular complexity index is 761. The van der Waals surface area contributed by atoms with Crippen molar-refractivity contribution in [1.82, 2.24) is 19.9 Å². The van der Waals surface area contributed by atoms with Gasteiger partial charge in [-0.2, -0.15) is 9.97 Å². The van der Waals surface area contributed by atoms with Crippen LogP contribution in [0.25, 0.3) is 11.2 Å². The number of nitrogen functional groups attached to an aromatic ring is 2. The van der Waals surface area contributed by atoms with Crippen LogP contribution >= 0.6 is 7.91 Å². The summed E-state index contributed by atoms with van der Waals surface area (Å²) in [5.41, 5.74) is 14.3. The monoisotopic (exact) mass is 344 g/mol. The van der Waals surface area contributed by atoms with E-state index >= 15 is 0 Å². The van der Waals surface area contributed by atoms with E-state index in [9.17, 15) is 0 Å². The molecule has 2 aromatic rings. The van der Waals surface area contributed by atoms with Crippen molar-refractivity contribution in [1.29, 1.82) is 0 Å². The van der Waals surface area contributed by atoms with Crippen molar-refractivity contribution in [3.05, 3.63) is 11.4 Å². The number of fused-ring (bicyclic) bond motifs is 1. The van der Waals surface area contributed by atoms with E-state index in [1.807, 2.05) is 0 Å². The van der Waals surface area contributed by atoms with E-state index < -0.39 is 7.91 Å². The zero-order valence-corrected chi connectivity index (χ0v) is 14.1. The van der Waals surface area contributed by atoms with Crippen LogP contribution in [0.2, 0.25) is 0 Å². The van der Waals surface area contributed by atoms with Crippen molar-refractivity contribution in [3.63, 3.8) is 0 Å². The molecule has 0 unspecified atom stereocenters. The van der Waals surface area contributed by atoms with E-state index in [0.717, 1.165) is 11.4 Å². The van der Waals surface area contributed by atoms with Gasteiger partial charge in [0.1, 0.15) is 0 Å². The first-order valence-corrected chi connectivity index (χ1v) is 7.83. The van der Waals surface area contributed by atoms with Crippen molar-refractivity contribution in [2.45, 2.75) is 39.5 Å². The molecule has 0 bridgehead atoms. The van der Waals surface area contributed by atoms with Gasteiger partial charge in [0.15, 0.2) is 17.0 Å². The fourth-order valence-corrected chi connectivity index (χ4v) is 1.86. The maximum absolute atomic E-state index is 8.93. The van der Waals surface area contributed by atoms with E-state index in [-0.39, 0.29) is 25.0 Å². The lowest BCUT2D eigenvalue weighted by atomic mass is 10.0. The van der Waals surface area contributed by atoms with Crippen LogP contribution < -0.4 is 11.5 Å². The second kappa shape index (κ2) is 7.91. The number of aromatic nitrogens is 4. The highest BCUT2D eigenvalue weighted by molar-refractivity contribution is 7.24. The Labute approximate surface area is 134 Å². The smallest absolute Gasteiger partial charge is 0.382 e. The number of nitrogens with zero attached hydrogens (tertiary/aromatic N) is 4. The molecule has 0 saturated carbocycles. The quantitative estimate of drug-likeness (QED) is 0.427. The van der Waals surface area contributed by atoms with Crippen molar-refractivity contribution in [2.75, 3.05) is 11.5 Å². The number of hydrogen-bond acceptors (Lipinski definition) is 10. The normalized spacial score (nSPS) is 10.7. The first kappa shape index (κ1) is 18.9. The molecular formula is C12H21N6O4P. The summed E-state index contributed by atoms with van der Waals surface area (Å²) in [7, 11) is -3.04. The summed E-state index contributed by atoms with van der Waals surface area (Å²) < 4.78 is 20.6. The Morgan fingerprint density at radius 3 is 1.91 bits per heavy atom. The average molecular weight is 344 g/mol. The van der Waals surface area contributed by atoms with Crippen LogP contribution in [0.5, 0.6) is 0 Å². The van der Waals surface area contributed by atoms with Crippen LogP contribution in [0.4, 0.5) is 11.8 Å². The minimum absolute atomic E-state index is 0. The van der Waals surface area contributed by atoms with Gasteiger partial charge >= 0.3 is 7.91 Å². The van der Waals surface area contributed by atoms with Gasteiger partial charge in [0.05, 0.1) is 11.4 Å². The van der Waals surface area contributed by atoms with Crippen LogP contribution in [0, 0.1) is 0 Å². The first-order valence-electron chi connectivity index (χ1n) is 6.73. The van der Waals surface area contributed by atoms with Crippen molar-refractivity contribution < 1.29 is 20.5 Å². The summed E-state index contributed by atoms with van der Waals surface area (Å²) in [6.07, 6.45) is 0. The molecule has 0 radical (unpaired) electrons. The van der Waals surface area contributed by atoms with Gasteiger partial charge in [-0.15, -0.1) is 4.67 Å². The molecule has 5 N–H and O–H groups in total. The molecule has 0 saturated heterocycles. The Morgan fingerprint density at radius 2 is 1.48 bits per heavy atom. The molecule has 0 aliphatic rings. The van der Waals surface area contributed by atoms with Gasteiger partial charge in [-0.1, -0.05) is 27.7 Å². The molecular weight excluding hydrogens is 323 g/mol.